The van der Waals surface area contributed by atoms with Crippen LogP contribution in [0.3, 0.4) is 0 Å². The predicted molar refractivity (Wildman–Crippen MR) is 117 cm³/mol. The van der Waals surface area contributed by atoms with E-state index in [9.17, 15) is 9.18 Å². The lowest BCUT2D eigenvalue weighted by molar-refractivity contribution is 0.101. The van der Waals surface area contributed by atoms with Gasteiger partial charge in [-0.1, -0.05) is 12.8 Å². The third-order valence-corrected chi connectivity index (χ3v) is 5.29. The number of nitrogens with two attached hydrogens (primary N) is 1. The van der Waals surface area contributed by atoms with Gasteiger partial charge in [0.25, 0.3) is 0 Å². The maximum absolute atomic E-state index is 14.3. The van der Waals surface area contributed by atoms with Crippen LogP contribution in [0.5, 0.6) is 0 Å². The molecule has 0 saturated heterocycles. The van der Waals surface area contributed by atoms with Crippen LogP contribution in [0.2, 0.25) is 0 Å². The van der Waals surface area contributed by atoms with Crippen molar-refractivity contribution in [2.45, 2.75) is 44.7 Å². The zero-order valence-electron chi connectivity index (χ0n) is 17.2. The number of carbonyl (C=O) groups excluding carboxylic acids is 1. The number of ketones is 1. The molecule has 0 radical (unpaired) electrons. The minimum atomic E-state index is -0.461. The Morgan fingerprint density at radius 3 is 2.65 bits per heavy atom. The minimum absolute atomic E-state index is 0.0258. The molecular weight excluding hydrogens is 397 g/mol. The maximum Gasteiger partial charge on any atom is 0.224 e. The topological polar surface area (TPSA) is 119 Å². The Labute approximate surface area is 179 Å². The Balaban J connectivity index is 1.64. The molecule has 1 fully saturated rings. The summed E-state index contributed by atoms with van der Waals surface area (Å²) in [5, 5.41) is 6.33. The number of halogens is 1. The normalized spacial score (nSPS) is 18.4. The van der Waals surface area contributed by atoms with Gasteiger partial charge >= 0.3 is 0 Å². The van der Waals surface area contributed by atoms with Gasteiger partial charge in [-0.15, -0.1) is 0 Å². The van der Waals surface area contributed by atoms with E-state index in [0.717, 1.165) is 25.7 Å². The van der Waals surface area contributed by atoms with Crippen LogP contribution in [0, 0.1) is 5.82 Å². The second-order valence-electron chi connectivity index (χ2n) is 7.64. The molecule has 0 aliphatic heterocycles. The van der Waals surface area contributed by atoms with Crippen LogP contribution in [0.25, 0.3) is 11.4 Å². The molecular formula is C22H24FN7O. The van der Waals surface area contributed by atoms with Crippen molar-refractivity contribution in [1.82, 2.24) is 19.9 Å². The highest BCUT2D eigenvalue weighted by Gasteiger charge is 2.23. The number of rotatable bonds is 6. The average molecular weight is 421 g/mol. The van der Waals surface area contributed by atoms with Gasteiger partial charge < -0.3 is 16.4 Å². The lowest BCUT2D eigenvalue weighted by Crippen LogP contribution is -2.43. The number of carbonyl (C=O) groups is 1. The van der Waals surface area contributed by atoms with Crippen LogP contribution in [0.4, 0.5) is 21.8 Å². The average Bonchev–Trinajstić information content (AvgIpc) is 2.75. The summed E-state index contributed by atoms with van der Waals surface area (Å²) >= 11 is 0. The van der Waals surface area contributed by atoms with Crippen LogP contribution in [-0.2, 0) is 0 Å². The second kappa shape index (κ2) is 9.13. The number of hydrogen-bond acceptors (Lipinski definition) is 8. The van der Waals surface area contributed by atoms with Crippen LogP contribution < -0.4 is 16.4 Å². The SMILES string of the molecule is CC(=O)c1cnc(N[C@@H]2CCCC[C@@H]2N)nc1Nc1cc(F)cc(-c2ncccn2)c1. The fourth-order valence-corrected chi connectivity index (χ4v) is 3.68. The highest BCUT2D eigenvalue weighted by molar-refractivity contribution is 5.99. The van der Waals surface area contributed by atoms with Gasteiger partial charge in [-0.25, -0.2) is 19.3 Å². The molecule has 0 unspecified atom stereocenters. The molecule has 0 amide bonds. The Bertz CT molecular complexity index is 1080. The molecule has 1 aromatic carbocycles. The van der Waals surface area contributed by atoms with E-state index < -0.39 is 5.82 Å². The summed E-state index contributed by atoms with van der Waals surface area (Å²) in [5.41, 5.74) is 7.45. The summed E-state index contributed by atoms with van der Waals surface area (Å²) in [5.74, 6) is 0.398. The van der Waals surface area contributed by atoms with E-state index in [1.165, 1.54) is 25.3 Å². The van der Waals surface area contributed by atoms with Gasteiger partial charge in [0.15, 0.2) is 11.6 Å². The molecule has 9 heteroatoms. The Kier molecular flexibility index (Phi) is 6.13. The van der Waals surface area contributed by atoms with E-state index in [4.69, 9.17) is 5.73 Å². The standard InChI is InChI=1S/C22H24FN7O/c1-13(31)17-12-27-22(29-19-6-3-2-5-18(19)24)30-21(17)28-16-10-14(9-15(23)11-16)20-25-7-4-8-26-20/h4,7-12,18-19H,2-3,5-6,24H2,1H3,(H2,27,28,29,30)/t18-,19+/m0/s1. The molecule has 4 rings (SSSR count). The van der Waals surface area contributed by atoms with Gasteiger partial charge in [-0.05, 0) is 44.0 Å². The molecule has 8 nitrogen and oxygen atoms in total. The molecule has 3 aromatic rings. The molecule has 31 heavy (non-hydrogen) atoms. The predicted octanol–water partition coefficient (Wildman–Crippen LogP) is 3.70. The molecule has 0 bridgehead atoms. The lowest BCUT2D eigenvalue weighted by atomic mass is 9.91. The summed E-state index contributed by atoms with van der Waals surface area (Å²) < 4.78 is 14.3. The van der Waals surface area contributed by atoms with Crippen molar-refractivity contribution in [3.8, 4) is 11.4 Å². The number of nitrogens with one attached hydrogen (secondary N) is 2. The molecule has 1 aliphatic carbocycles. The van der Waals surface area contributed by atoms with Gasteiger partial charge in [0.1, 0.15) is 11.6 Å². The van der Waals surface area contributed by atoms with E-state index in [1.54, 1.807) is 24.5 Å². The number of hydrogen-bond donors (Lipinski definition) is 3. The third kappa shape index (κ3) is 5.00. The molecule has 2 aromatic heterocycles. The molecule has 2 atom stereocenters. The van der Waals surface area contributed by atoms with Crippen molar-refractivity contribution >= 4 is 23.2 Å². The first-order chi connectivity index (χ1) is 15.0. The van der Waals surface area contributed by atoms with Crippen LogP contribution in [-0.4, -0.2) is 37.8 Å². The summed E-state index contributed by atoms with van der Waals surface area (Å²) in [6, 6.07) is 6.16. The molecule has 2 heterocycles. The van der Waals surface area contributed by atoms with E-state index in [-0.39, 0.29) is 17.9 Å². The lowest BCUT2D eigenvalue weighted by Gasteiger charge is -2.29. The highest BCUT2D eigenvalue weighted by Crippen LogP contribution is 2.26. The van der Waals surface area contributed by atoms with Crippen LogP contribution in [0.1, 0.15) is 43.0 Å². The number of aromatic nitrogens is 4. The largest absolute Gasteiger partial charge is 0.350 e. The quantitative estimate of drug-likeness (QED) is 0.516. The number of anilines is 3. The summed E-state index contributed by atoms with van der Waals surface area (Å²) in [7, 11) is 0. The first-order valence-corrected chi connectivity index (χ1v) is 10.2. The monoisotopic (exact) mass is 421 g/mol. The maximum atomic E-state index is 14.3. The first-order valence-electron chi connectivity index (χ1n) is 10.2. The van der Waals surface area contributed by atoms with E-state index in [0.29, 0.717) is 34.4 Å². The van der Waals surface area contributed by atoms with Gasteiger partial charge in [0, 0.05) is 41.9 Å². The highest BCUT2D eigenvalue weighted by atomic mass is 19.1. The number of benzene rings is 1. The fraction of sp³-hybridized carbons (Fsp3) is 0.318. The Morgan fingerprint density at radius 1 is 1.13 bits per heavy atom. The summed E-state index contributed by atoms with van der Waals surface area (Å²) in [6.07, 6.45) is 8.74. The van der Waals surface area contributed by atoms with Crippen LogP contribution >= 0.6 is 0 Å². The zero-order valence-corrected chi connectivity index (χ0v) is 17.2. The van der Waals surface area contributed by atoms with Gasteiger partial charge in [0.05, 0.1) is 5.56 Å². The summed E-state index contributed by atoms with van der Waals surface area (Å²) in [6.45, 7) is 1.43. The van der Waals surface area contributed by atoms with Crippen molar-refractivity contribution in [3.05, 3.63) is 54.2 Å². The van der Waals surface area contributed by atoms with Gasteiger partial charge in [0.2, 0.25) is 5.95 Å². The van der Waals surface area contributed by atoms with Crippen molar-refractivity contribution in [2.24, 2.45) is 5.73 Å². The Hall–Kier alpha value is -3.46. The molecule has 0 spiro atoms. The van der Waals surface area contributed by atoms with Gasteiger partial charge in [-0.3, -0.25) is 4.79 Å². The first kappa shape index (κ1) is 20.8. The zero-order chi connectivity index (χ0) is 21.8. The van der Waals surface area contributed by atoms with Crippen molar-refractivity contribution in [2.75, 3.05) is 10.6 Å². The third-order valence-electron chi connectivity index (χ3n) is 5.29. The fourth-order valence-electron chi connectivity index (χ4n) is 3.68. The van der Waals surface area contributed by atoms with Crippen molar-refractivity contribution < 1.29 is 9.18 Å². The molecule has 1 aliphatic rings. The van der Waals surface area contributed by atoms with Crippen LogP contribution in [0.15, 0.2) is 42.9 Å². The van der Waals surface area contributed by atoms with E-state index >= 15 is 0 Å². The minimum Gasteiger partial charge on any atom is -0.350 e. The molecule has 4 N–H and O–H groups in total. The van der Waals surface area contributed by atoms with Crippen molar-refractivity contribution in [1.29, 1.82) is 0 Å². The van der Waals surface area contributed by atoms with Gasteiger partial charge in [-0.2, -0.15) is 4.98 Å². The summed E-state index contributed by atoms with van der Waals surface area (Å²) in [4.78, 5) is 29.2. The Morgan fingerprint density at radius 2 is 1.90 bits per heavy atom. The number of nitrogens with zero attached hydrogens (tertiary/aromatic N) is 4. The second-order valence-corrected chi connectivity index (χ2v) is 7.64. The smallest absolute Gasteiger partial charge is 0.224 e. The van der Waals surface area contributed by atoms with Crippen molar-refractivity contribution in [3.63, 3.8) is 0 Å². The number of Topliss-reactive ketones (excluding diaryl/α,β-unsaturated/α-hetero) is 1. The molecule has 1 saturated carbocycles. The van der Waals surface area contributed by atoms with E-state index in [1.807, 2.05) is 0 Å². The molecule has 160 valence electrons. The van der Waals surface area contributed by atoms with E-state index in [2.05, 4.69) is 30.6 Å².